The highest BCUT2D eigenvalue weighted by Gasteiger charge is 2.41. The molecule has 1 heterocycles. The van der Waals surface area contributed by atoms with Gasteiger partial charge in [-0.25, -0.2) is 9.78 Å². The number of carbonyl (C=O) groups is 20. The Morgan fingerprint density at radius 2 is 0.745 bits per heavy atom. The van der Waals surface area contributed by atoms with Crippen molar-refractivity contribution in [1.82, 2.24) is 111 Å². The van der Waals surface area contributed by atoms with Crippen LogP contribution in [0.4, 0.5) is 0 Å². The molecule has 0 aliphatic carbocycles. The number of hydrogen-bond acceptors (Lipinski definition) is 28. The van der Waals surface area contributed by atoms with Crippen molar-refractivity contribution in [3.8, 4) is 5.75 Å². The van der Waals surface area contributed by atoms with Crippen molar-refractivity contribution in [2.75, 3.05) is 45.9 Å². The van der Waals surface area contributed by atoms with E-state index >= 15 is 19.2 Å². The lowest BCUT2D eigenvalue weighted by Crippen LogP contribution is -2.62. The van der Waals surface area contributed by atoms with Crippen LogP contribution in [0.2, 0.25) is 0 Å². The summed E-state index contributed by atoms with van der Waals surface area (Å²) in [7, 11) is 0. The fraction of sp³-hybridized carbons (Fsp3) is 0.533. The van der Waals surface area contributed by atoms with Crippen LogP contribution in [0.25, 0.3) is 0 Å². The lowest BCUT2D eigenvalue weighted by molar-refractivity contribution is -0.143. The van der Waals surface area contributed by atoms with E-state index in [0.717, 1.165) is 6.92 Å². The molecular formula is C92H138N26O27. The number of aliphatic hydroxyl groups excluding tert-OH is 3. The van der Waals surface area contributed by atoms with Crippen molar-refractivity contribution in [1.29, 1.82) is 10.8 Å². The van der Waals surface area contributed by atoms with E-state index in [2.05, 4.69) is 111 Å². The maximum atomic E-state index is 15.2. The number of carboxylic acids is 3. The molecule has 53 nitrogen and oxygen atoms in total. The third-order valence-electron chi connectivity index (χ3n) is 22.2. The van der Waals surface area contributed by atoms with E-state index in [1.165, 1.54) is 73.2 Å². The molecule has 0 fully saturated rings. The Hall–Kier alpha value is -15.5. The lowest BCUT2D eigenvalue weighted by Gasteiger charge is -2.29. The number of guanidine groups is 2. The second-order valence-electron chi connectivity index (χ2n) is 35.6. The molecule has 145 heavy (non-hydrogen) atoms. The Bertz CT molecular complexity index is 5040. The van der Waals surface area contributed by atoms with E-state index in [9.17, 15) is 107 Å². The first kappa shape index (κ1) is 122. The van der Waals surface area contributed by atoms with Crippen molar-refractivity contribution in [3.63, 3.8) is 0 Å². The highest BCUT2D eigenvalue weighted by molar-refractivity contribution is 6.02. The van der Waals surface area contributed by atoms with Gasteiger partial charge in [-0.2, -0.15) is 0 Å². The molecule has 0 bridgehead atoms. The number of nitrogens with one attached hydrogen (secondary N) is 22. The van der Waals surface area contributed by atoms with Gasteiger partial charge in [0.15, 0.2) is 11.9 Å². The number of carbonyl (C=O) groups excluding carboxylic acids is 17. The number of benzene rings is 3. The molecule has 0 radical (unpaired) electrons. The van der Waals surface area contributed by atoms with Crippen LogP contribution in [0, 0.1) is 34.5 Å². The molecular weight excluding hydrogens is 1900 g/mol. The molecule has 17 atom stereocenters. The van der Waals surface area contributed by atoms with Crippen molar-refractivity contribution >= 4 is 130 Å². The number of imidazole rings is 1. The number of H-pyrrole nitrogens is 1. The average molecular weight is 2040 g/mol. The van der Waals surface area contributed by atoms with Crippen molar-refractivity contribution in [2.24, 2.45) is 40.9 Å². The van der Waals surface area contributed by atoms with E-state index in [0.29, 0.717) is 23.1 Å². The monoisotopic (exact) mass is 2040 g/mol. The van der Waals surface area contributed by atoms with E-state index in [1.54, 1.807) is 79.7 Å². The van der Waals surface area contributed by atoms with Gasteiger partial charge in [0.1, 0.15) is 96.4 Å². The van der Waals surface area contributed by atoms with Gasteiger partial charge in [-0.05, 0) is 97.9 Å². The zero-order valence-electron chi connectivity index (χ0n) is 81.9. The Labute approximate surface area is 835 Å². The standard InChI is InChI=1S/C92H138N26O27/c1-10-49(8)74(90(144)145)116-70(125)42-103-88(142)73(48(6)7)117-87(141)60(32-47(4)5)108-80(134)59(31-46(2)3)107-81(135)62(35-53-25-27-55(122)28-26-53)109-78(132)58(24-18-30-100-92(96)97)106-84(138)64(36-54-39-98-45-104-54)111-82(136)61(33-51-19-13-11-14-20-51)110-85(139)65(37-71(126)127)113-86(140)66(38-72(128)129)112-83(137)63(34-52-21-15-12-16-22-52)114-89(143)75(50(9)121)118-79(133)57(23-17-29-99-91(94)95)105-69(124)41-101-68(123)40-102-77(131)67(44-120)115-76(130)56(93)43-119/h11-16,19-22,25-28,39,45-50,56-67,73-75,119-122H,10,17-18,23-24,29-38,40-44,93H2,1-9H3,(H,98,104)(H,101,123)(H,102,131)(H,103,142)(H,105,124)(H,106,138)(H,107,135)(H,108,134)(H,109,132)(H,110,139)(H,111,136)(H,112,137)(H,113,140)(H,114,143)(H,115,130)(H,116,125)(H,117,141)(H,118,133)(H,126,127)(H,128,129)(H,144,145)(H4,94,95,99)(H4,96,97,100)/t49-,50+,56-,57-,58-,59-,60-,61-,62-,63-,64-,65-,66-,67-,73-,74-,75-/m0/s1. The summed E-state index contributed by atoms with van der Waals surface area (Å²) in [5, 5.41) is 132. The summed E-state index contributed by atoms with van der Waals surface area (Å²) in [4.78, 5) is 284. The van der Waals surface area contributed by atoms with Crippen LogP contribution < -0.4 is 118 Å². The Kier molecular flexibility index (Phi) is 52.6. The van der Waals surface area contributed by atoms with Gasteiger partial charge in [0.25, 0.3) is 0 Å². The normalized spacial score (nSPS) is 14.6. The van der Waals surface area contributed by atoms with Gasteiger partial charge in [-0.3, -0.25) is 102 Å². The lowest BCUT2D eigenvalue weighted by atomic mass is 9.98. The summed E-state index contributed by atoms with van der Waals surface area (Å²) in [6.45, 7) is 10.3. The third-order valence-corrected chi connectivity index (χ3v) is 22.2. The van der Waals surface area contributed by atoms with Gasteiger partial charge in [0, 0.05) is 50.7 Å². The van der Waals surface area contributed by atoms with Crippen LogP contribution in [-0.4, -0.2) is 319 Å². The van der Waals surface area contributed by atoms with Crippen LogP contribution in [0.5, 0.6) is 5.75 Å². The molecule has 4 rings (SSSR count). The number of nitrogens with zero attached hydrogens (tertiary/aromatic N) is 1. The fourth-order valence-electron chi connectivity index (χ4n) is 14.2. The van der Waals surface area contributed by atoms with Crippen LogP contribution in [0.3, 0.4) is 0 Å². The molecule has 53 heteroatoms. The molecule has 0 unspecified atom stereocenters. The van der Waals surface area contributed by atoms with Crippen molar-refractivity contribution < 1.29 is 132 Å². The van der Waals surface area contributed by atoms with Crippen molar-refractivity contribution in [3.05, 3.63) is 120 Å². The Morgan fingerprint density at radius 1 is 0.379 bits per heavy atom. The number of hydrogen-bond donors (Lipinski definition) is 32. The minimum absolute atomic E-state index is 0.0173. The van der Waals surface area contributed by atoms with Gasteiger partial charge in [0.2, 0.25) is 100 Å². The molecule has 4 aromatic rings. The topological polar surface area (TPSA) is 866 Å². The molecule has 0 saturated heterocycles. The Morgan fingerprint density at radius 3 is 1.16 bits per heavy atom. The summed E-state index contributed by atoms with van der Waals surface area (Å²) in [5.41, 5.74) is 17.6. The number of aliphatic carboxylic acids is 3. The minimum Gasteiger partial charge on any atom is -0.508 e. The number of amides is 17. The summed E-state index contributed by atoms with van der Waals surface area (Å²) in [6, 6.07) is -4.83. The van der Waals surface area contributed by atoms with Crippen LogP contribution in [-0.2, 0) is 122 Å². The molecule has 35 N–H and O–H groups in total. The smallest absolute Gasteiger partial charge is 0.326 e. The number of rotatable bonds is 65. The van der Waals surface area contributed by atoms with E-state index < -0.39 is 304 Å². The summed E-state index contributed by atoms with van der Waals surface area (Å²) < 4.78 is 0. The highest BCUT2D eigenvalue weighted by atomic mass is 16.4. The van der Waals surface area contributed by atoms with Gasteiger partial charge < -0.3 is 159 Å². The van der Waals surface area contributed by atoms with Gasteiger partial charge in [0.05, 0.1) is 58.1 Å². The largest absolute Gasteiger partial charge is 0.508 e. The first-order chi connectivity index (χ1) is 68.4. The number of aromatic hydroxyl groups is 1. The number of aromatic nitrogens is 2. The number of carboxylic acid groups (broad SMARTS) is 3. The number of phenols is 1. The maximum Gasteiger partial charge on any atom is 0.326 e. The first-order valence-electron chi connectivity index (χ1n) is 46.8. The molecule has 17 amide bonds. The minimum atomic E-state index is -2.27. The van der Waals surface area contributed by atoms with E-state index in [1.807, 2.05) is 0 Å². The molecule has 1 aromatic heterocycles. The summed E-state index contributed by atoms with van der Waals surface area (Å²) in [6.07, 6.45) is -4.20. The van der Waals surface area contributed by atoms with E-state index in [4.69, 9.17) is 33.1 Å². The SMILES string of the molecule is CC[C@H](C)[C@H](NC(=O)CNC(=O)[C@@H](NC(=O)[C@H](CC(C)C)NC(=O)[C@H](CC(C)C)NC(=O)[C@H](Cc1ccc(O)cc1)NC(=O)[C@H](CCCNC(=N)N)NC(=O)[C@H](Cc1cnc[nH]1)NC(=O)[C@H](Cc1ccccc1)NC(=O)[C@H](CC(=O)O)NC(=O)[C@H](CC(=O)O)NC(=O)[C@H](Cc1ccccc1)NC(=O)[C@@H](NC(=O)[C@H](CCCNC(=N)N)NC(=O)CNC(=O)CNC(=O)[C@H](CO)NC(=O)[C@@H](N)CO)[C@@H](C)O)C(C)C)C(=O)O. The molecule has 0 aliphatic rings. The average Bonchev–Trinajstić information content (AvgIpc) is 1.44. The van der Waals surface area contributed by atoms with Crippen LogP contribution in [0.1, 0.15) is 142 Å². The van der Waals surface area contributed by atoms with Crippen LogP contribution >= 0.6 is 0 Å². The predicted molar refractivity (Wildman–Crippen MR) is 518 cm³/mol. The summed E-state index contributed by atoms with van der Waals surface area (Å²) >= 11 is 0. The van der Waals surface area contributed by atoms with Crippen molar-refractivity contribution in [2.45, 2.75) is 243 Å². The second-order valence-corrected chi connectivity index (χ2v) is 35.6. The Balaban J connectivity index is 1.69. The molecule has 3 aromatic carbocycles. The number of nitrogens with two attached hydrogens (primary N) is 3. The second kappa shape index (κ2) is 62.7. The molecule has 798 valence electrons. The predicted octanol–water partition coefficient (Wildman–Crippen LogP) is -8.43. The van der Waals surface area contributed by atoms with Crippen LogP contribution in [0.15, 0.2) is 97.5 Å². The number of phenolic OH excluding ortho intramolecular Hbond substituents is 1. The third kappa shape index (κ3) is 45.5. The fourth-order valence-corrected chi connectivity index (χ4v) is 14.2. The number of aromatic amines is 1. The number of aliphatic hydroxyl groups is 3. The zero-order chi connectivity index (χ0) is 108. The summed E-state index contributed by atoms with van der Waals surface area (Å²) in [5.74, 6) is -26.4. The van der Waals surface area contributed by atoms with Gasteiger partial charge >= 0.3 is 17.9 Å². The molecule has 0 spiro atoms. The maximum absolute atomic E-state index is 15.2. The quantitative estimate of drug-likeness (QED) is 0.0111. The highest BCUT2D eigenvalue weighted by Crippen LogP contribution is 2.19. The van der Waals surface area contributed by atoms with E-state index in [-0.39, 0.29) is 81.3 Å². The first-order valence-corrected chi connectivity index (χ1v) is 46.8. The molecule has 0 aliphatic heterocycles. The van der Waals surface area contributed by atoms with Gasteiger partial charge in [-0.1, -0.05) is 135 Å². The zero-order valence-corrected chi connectivity index (χ0v) is 81.9. The van der Waals surface area contributed by atoms with Gasteiger partial charge in [-0.15, -0.1) is 0 Å². The molecule has 0 saturated carbocycles.